The summed E-state index contributed by atoms with van der Waals surface area (Å²) in [6, 6.07) is 15.3. The number of nitrogens with one attached hydrogen (secondary N) is 1. The zero-order valence-electron chi connectivity index (χ0n) is 14.8. The minimum atomic E-state index is 0.288. The molecular weight excluding hydrogens is 314 g/mol. The third-order valence-corrected chi connectivity index (χ3v) is 4.54. The van der Waals surface area contributed by atoms with E-state index in [2.05, 4.69) is 22.2 Å². The molecule has 25 heavy (non-hydrogen) atoms. The molecule has 0 unspecified atom stereocenters. The molecule has 0 saturated carbocycles. The Balaban J connectivity index is 1.50. The molecule has 0 amide bonds. The van der Waals surface area contributed by atoms with Crippen LogP contribution in [0, 0.1) is 0 Å². The predicted octanol–water partition coefficient (Wildman–Crippen LogP) is 2.63. The predicted molar refractivity (Wildman–Crippen MR) is 101 cm³/mol. The lowest BCUT2D eigenvalue weighted by Crippen LogP contribution is -2.45. The van der Waals surface area contributed by atoms with Crippen LogP contribution in [-0.4, -0.2) is 61.3 Å². The number of phenolic OH excluding ortho intramolecular Hbond substituents is 1. The standard InChI is InChI=1S/C20H27N3O2/c1-22-9-11-23(12-10-22)13-14-25-20-8-3-2-7-19(20)21-16-17-5-4-6-18(24)15-17/h2-8,15,21,24H,9-14,16H2,1H3. The number of likely N-dealkylation sites (N-methyl/N-ethyl adjacent to an activating group) is 1. The molecule has 1 saturated heterocycles. The number of aromatic hydroxyl groups is 1. The fraction of sp³-hybridized carbons (Fsp3) is 0.400. The summed E-state index contributed by atoms with van der Waals surface area (Å²) >= 11 is 0. The molecule has 2 aromatic rings. The number of ether oxygens (including phenoxy) is 1. The SMILES string of the molecule is CN1CCN(CCOc2ccccc2NCc2cccc(O)c2)CC1. The number of phenols is 1. The average molecular weight is 341 g/mol. The first-order valence-electron chi connectivity index (χ1n) is 8.85. The molecule has 0 aromatic heterocycles. The van der Waals surface area contributed by atoms with Crippen molar-refractivity contribution in [2.75, 3.05) is 51.7 Å². The Hall–Kier alpha value is -2.24. The van der Waals surface area contributed by atoms with Gasteiger partial charge in [-0.1, -0.05) is 24.3 Å². The van der Waals surface area contributed by atoms with E-state index in [0.29, 0.717) is 13.2 Å². The average Bonchev–Trinajstić information content (AvgIpc) is 2.63. The first kappa shape index (κ1) is 17.6. The van der Waals surface area contributed by atoms with Crippen LogP contribution in [0.5, 0.6) is 11.5 Å². The van der Waals surface area contributed by atoms with Crippen molar-refractivity contribution in [1.29, 1.82) is 0 Å². The molecule has 2 N–H and O–H groups in total. The molecular formula is C20H27N3O2. The number of nitrogens with zero attached hydrogens (tertiary/aromatic N) is 2. The zero-order valence-corrected chi connectivity index (χ0v) is 14.8. The smallest absolute Gasteiger partial charge is 0.142 e. The quantitative estimate of drug-likeness (QED) is 0.811. The van der Waals surface area contributed by atoms with Gasteiger partial charge in [0.05, 0.1) is 5.69 Å². The second-order valence-corrected chi connectivity index (χ2v) is 6.51. The van der Waals surface area contributed by atoms with Gasteiger partial charge in [-0.15, -0.1) is 0 Å². The summed E-state index contributed by atoms with van der Waals surface area (Å²) in [5.41, 5.74) is 2.01. The van der Waals surface area contributed by atoms with Gasteiger partial charge in [-0.2, -0.15) is 0 Å². The molecule has 1 aliphatic rings. The van der Waals surface area contributed by atoms with Gasteiger partial charge in [0, 0.05) is 39.3 Å². The molecule has 1 heterocycles. The number of anilines is 1. The van der Waals surface area contributed by atoms with E-state index in [1.54, 1.807) is 12.1 Å². The highest BCUT2D eigenvalue weighted by Gasteiger charge is 2.13. The second-order valence-electron chi connectivity index (χ2n) is 6.51. The van der Waals surface area contributed by atoms with Crippen LogP contribution < -0.4 is 10.1 Å². The number of rotatable bonds is 7. The Kier molecular flexibility index (Phi) is 6.14. The third kappa shape index (κ3) is 5.37. The van der Waals surface area contributed by atoms with Crippen LogP contribution in [-0.2, 0) is 6.54 Å². The summed E-state index contributed by atoms with van der Waals surface area (Å²) in [4.78, 5) is 4.81. The Morgan fingerprint density at radius 1 is 1.04 bits per heavy atom. The fourth-order valence-corrected chi connectivity index (χ4v) is 2.96. The minimum absolute atomic E-state index is 0.288. The largest absolute Gasteiger partial charge is 0.508 e. The minimum Gasteiger partial charge on any atom is -0.508 e. The molecule has 0 aliphatic carbocycles. The molecule has 134 valence electrons. The summed E-state index contributed by atoms with van der Waals surface area (Å²) in [5, 5.41) is 13.0. The highest BCUT2D eigenvalue weighted by Crippen LogP contribution is 2.24. The van der Waals surface area contributed by atoms with Crippen LogP contribution in [0.2, 0.25) is 0 Å². The van der Waals surface area contributed by atoms with Crippen molar-refractivity contribution < 1.29 is 9.84 Å². The van der Waals surface area contributed by atoms with Gasteiger partial charge in [0.25, 0.3) is 0 Å². The Morgan fingerprint density at radius 3 is 2.64 bits per heavy atom. The van der Waals surface area contributed by atoms with Crippen molar-refractivity contribution in [2.45, 2.75) is 6.54 Å². The van der Waals surface area contributed by atoms with Gasteiger partial charge < -0.3 is 20.1 Å². The summed E-state index contributed by atoms with van der Waals surface area (Å²) in [6.07, 6.45) is 0. The van der Waals surface area contributed by atoms with E-state index in [9.17, 15) is 5.11 Å². The van der Waals surface area contributed by atoms with E-state index in [4.69, 9.17) is 4.74 Å². The lowest BCUT2D eigenvalue weighted by atomic mass is 10.2. The lowest BCUT2D eigenvalue weighted by Gasteiger charge is -2.32. The summed E-state index contributed by atoms with van der Waals surface area (Å²) in [7, 11) is 2.17. The monoisotopic (exact) mass is 341 g/mol. The summed E-state index contributed by atoms with van der Waals surface area (Å²) in [5.74, 6) is 1.16. The van der Waals surface area contributed by atoms with Crippen LogP contribution in [0.15, 0.2) is 48.5 Å². The van der Waals surface area contributed by atoms with Crippen molar-refractivity contribution in [1.82, 2.24) is 9.80 Å². The van der Waals surface area contributed by atoms with E-state index in [1.165, 1.54) is 0 Å². The molecule has 0 bridgehead atoms. The number of piperazine rings is 1. The maximum atomic E-state index is 9.56. The van der Waals surface area contributed by atoms with E-state index < -0.39 is 0 Å². The lowest BCUT2D eigenvalue weighted by molar-refractivity contribution is 0.134. The van der Waals surface area contributed by atoms with E-state index in [0.717, 1.165) is 49.7 Å². The molecule has 2 aromatic carbocycles. The third-order valence-electron chi connectivity index (χ3n) is 4.54. The molecule has 5 nitrogen and oxygen atoms in total. The second kappa shape index (κ2) is 8.74. The van der Waals surface area contributed by atoms with E-state index >= 15 is 0 Å². The molecule has 1 aliphatic heterocycles. The molecule has 0 atom stereocenters. The normalized spacial score (nSPS) is 15.9. The van der Waals surface area contributed by atoms with Crippen molar-refractivity contribution in [3.8, 4) is 11.5 Å². The molecule has 0 spiro atoms. The maximum Gasteiger partial charge on any atom is 0.142 e. The van der Waals surface area contributed by atoms with Gasteiger partial charge in [0.1, 0.15) is 18.1 Å². The highest BCUT2D eigenvalue weighted by molar-refractivity contribution is 5.56. The number of hydrogen-bond acceptors (Lipinski definition) is 5. The van der Waals surface area contributed by atoms with Crippen LogP contribution in [0.4, 0.5) is 5.69 Å². The van der Waals surface area contributed by atoms with Gasteiger partial charge in [0.15, 0.2) is 0 Å². The summed E-state index contributed by atoms with van der Waals surface area (Å²) in [6.45, 7) is 6.76. The maximum absolute atomic E-state index is 9.56. The van der Waals surface area contributed by atoms with Crippen LogP contribution in [0.1, 0.15) is 5.56 Å². The fourth-order valence-electron chi connectivity index (χ4n) is 2.96. The first-order valence-corrected chi connectivity index (χ1v) is 8.85. The number of hydrogen-bond donors (Lipinski definition) is 2. The number of benzene rings is 2. The van der Waals surface area contributed by atoms with Crippen LogP contribution >= 0.6 is 0 Å². The van der Waals surface area contributed by atoms with Crippen molar-refractivity contribution in [3.05, 3.63) is 54.1 Å². The van der Waals surface area contributed by atoms with Gasteiger partial charge in [-0.05, 0) is 36.9 Å². The molecule has 3 rings (SSSR count). The van der Waals surface area contributed by atoms with Crippen molar-refractivity contribution in [2.24, 2.45) is 0 Å². The Morgan fingerprint density at radius 2 is 1.84 bits per heavy atom. The Labute approximate surface area is 149 Å². The zero-order chi connectivity index (χ0) is 17.5. The van der Waals surface area contributed by atoms with Gasteiger partial charge >= 0.3 is 0 Å². The van der Waals surface area contributed by atoms with E-state index in [-0.39, 0.29) is 5.75 Å². The van der Waals surface area contributed by atoms with Gasteiger partial charge in [-0.25, -0.2) is 0 Å². The van der Waals surface area contributed by atoms with Crippen LogP contribution in [0.25, 0.3) is 0 Å². The van der Waals surface area contributed by atoms with Gasteiger partial charge in [-0.3, -0.25) is 4.90 Å². The van der Waals surface area contributed by atoms with Crippen molar-refractivity contribution in [3.63, 3.8) is 0 Å². The topological polar surface area (TPSA) is 48.0 Å². The van der Waals surface area contributed by atoms with Gasteiger partial charge in [0.2, 0.25) is 0 Å². The summed E-state index contributed by atoms with van der Waals surface area (Å²) < 4.78 is 6.01. The Bertz CT molecular complexity index is 669. The van der Waals surface area contributed by atoms with Crippen molar-refractivity contribution >= 4 is 5.69 Å². The van der Waals surface area contributed by atoms with Crippen LogP contribution in [0.3, 0.4) is 0 Å². The molecule has 0 radical (unpaired) electrons. The molecule has 1 fully saturated rings. The highest BCUT2D eigenvalue weighted by atomic mass is 16.5. The molecule has 5 heteroatoms. The van der Waals surface area contributed by atoms with E-state index in [1.807, 2.05) is 36.4 Å². The first-order chi connectivity index (χ1) is 12.2. The number of para-hydroxylation sites is 2.